The summed E-state index contributed by atoms with van der Waals surface area (Å²) in [6, 6.07) is 6.42. The number of phenolic OH excluding ortho intramolecular Hbond substituents is 1. The number of methoxy groups -OCH3 is 2. The van der Waals surface area contributed by atoms with Crippen LogP contribution in [-0.4, -0.2) is 88.7 Å². The van der Waals surface area contributed by atoms with Crippen LogP contribution < -0.4 is 15.7 Å². The molecule has 19 heteroatoms. The van der Waals surface area contributed by atoms with Crippen LogP contribution in [0.25, 0.3) is 0 Å². The van der Waals surface area contributed by atoms with Crippen LogP contribution in [0.1, 0.15) is 61.2 Å². The minimum Gasteiger partial charge on any atom is -0.508 e. The fourth-order valence-corrected chi connectivity index (χ4v) is 5.72. The number of aromatic nitrogens is 4. The molecule has 280 valence electrons. The third kappa shape index (κ3) is 11.7. The van der Waals surface area contributed by atoms with Crippen LogP contribution in [0.15, 0.2) is 61.4 Å². The van der Waals surface area contributed by atoms with Crippen LogP contribution in [0, 0.1) is 0 Å². The highest BCUT2D eigenvalue weighted by Crippen LogP contribution is 2.34. The van der Waals surface area contributed by atoms with Crippen molar-refractivity contribution in [2.75, 3.05) is 27.4 Å². The van der Waals surface area contributed by atoms with E-state index in [0.717, 1.165) is 11.1 Å². The highest BCUT2D eigenvalue weighted by Gasteiger charge is 2.40. The number of phenols is 1. The van der Waals surface area contributed by atoms with Crippen LogP contribution in [-0.2, 0) is 51.1 Å². The van der Waals surface area contributed by atoms with Crippen molar-refractivity contribution in [2.45, 2.75) is 52.1 Å². The van der Waals surface area contributed by atoms with Gasteiger partial charge in [0.1, 0.15) is 16.7 Å². The van der Waals surface area contributed by atoms with E-state index in [-0.39, 0.29) is 44.4 Å². The summed E-state index contributed by atoms with van der Waals surface area (Å²) in [5.41, 5.74) is 3.85. The minimum atomic E-state index is -1.16. The molecular formula is C34H39B2ClN4O12. The van der Waals surface area contributed by atoms with Gasteiger partial charge in [0.05, 0.1) is 63.9 Å². The predicted molar refractivity (Wildman–Crippen MR) is 190 cm³/mol. The Morgan fingerprint density at radius 3 is 1.75 bits per heavy atom. The fraction of sp³-hybridized carbons (Fsp3) is 0.353. The highest BCUT2D eigenvalue weighted by atomic mass is 35.5. The lowest BCUT2D eigenvalue weighted by Crippen LogP contribution is -2.28. The normalized spacial score (nSPS) is 15.3. The lowest BCUT2D eigenvalue weighted by Gasteiger charge is -2.16. The van der Waals surface area contributed by atoms with Crippen molar-refractivity contribution >= 4 is 48.7 Å². The van der Waals surface area contributed by atoms with Gasteiger partial charge in [-0.15, -0.1) is 0 Å². The summed E-state index contributed by atoms with van der Waals surface area (Å²) < 4.78 is 36.9. The lowest BCUT2D eigenvalue weighted by molar-refractivity contribution is -0.146. The van der Waals surface area contributed by atoms with E-state index >= 15 is 0 Å². The molecule has 2 aliphatic heterocycles. The van der Waals surface area contributed by atoms with Crippen molar-refractivity contribution in [2.24, 2.45) is 0 Å². The van der Waals surface area contributed by atoms with E-state index in [2.05, 4.69) is 19.9 Å². The van der Waals surface area contributed by atoms with Gasteiger partial charge in [-0.05, 0) is 71.3 Å². The summed E-state index contributed by atoms with van der Waals surface area (Å²) in [6.07, 6.45) is 7.99. The van der Waals surface area contributed by atoms with Crippen molar-refractivity contribution in [1.29, 1.82) is 0 Å². The van der Waals surface area contributed by atoms with Crippen LogP contribution in [0.4, 0.5) is 0 Å². The number of aromatic hydroxyl groups is 1. The Morgan fingerprint density at radius 1 is 0.774 bits per heavy atom. The van der Waals surface area contributed by atoms with Crippen LogP contribution >= 0.6 is 11.6 Å². The first-order valence-electron chi connectivity index (χ1n) is 16.4. The number of hydrogen-bond donors (Lipinski definition) is 3. The van der Waals surface area contributed by atoms with Crippen LogP contribution in [0.5, 0.6) is 17.4 Å². The van der Waals surface area contributed by atoms with Crippen molar-refractivity contribution in [3.05, 3.63) is 88.9 Å². The third-order valence-corrected chi connectivity index (χ3v) is 7.72. The molecule has 0 saturated carbocycles. The first-order chi connectivity index (χ1) is 25.6. The lowest BCUT2D eigenvalue weighted by atomic mass is 9.77. The van der Waals surface area contributed by atoms with Gasteiger partial charge in [0.25, 0.3) is 0 Å². The van der Waals surface area contributed by atoms with Crippen LogP contribution in [0.3, 0.4) is 0 Å². The standard InChI is InChI=1S/C17H19BN2O6.C13H17BO6.C4H3ClN2/c1-3-24-16(21)8-14-17-11(10-23-2)6-12(7-13(17)18(22)26-14)25-15-9-19-4-5-20-15;1-3-19-12(16)6-11-13-8(7-18-2)4-9(15)5-10(13)14(17)20-11;5-4-3-6-1-2-7-4/h4-7,9,14,22H,3,8,10H2,1-2H3;4-5,11,15,17H,3,6-7H2,1-2H3;1-3H. The van der Waals surface area contributed by atoms with Gasteiger partial charge >= 0.3 is 26.2 Å². The molecular weight excluding hydrogens is 713 g/mol. The predicted octanol–water partition coefficient (Wildman–Crippen LogP) is 2.51. The number of carbonyl (C=O) groups is 2. The van der Waals surface area contributed by atoms with E-state index in [0.29, 0.717) is 45.4 Å². The molecule has 0 saturated heterocycles. The monoisotopic (exact) mass is 752 g/mol. The largest absolute Gasteiger partial charge is 0.508 e. The molecule has 6 rings (SSSR count). The minimum absolute atomic E-state index is 0.0129. The average molecular weight is 753 g/mol. The summed E-state index contributed by atoms with van der Waals surface area (Å²) in [5.74, 6) is 0.0352. The van der Waals surface area contributed by atoms with E-state index in [1.807, 2.05) is 0 Å². The summed E-state index contributed by atoms with van der Waals surface area (Å²) in [5, 5.41) is 30.3. The van der Waals surface area contributed by atoms with Crippen molar-refractivity contribution in [1.82, 2.24) is 19.9 Å². The molecule has 16 nitrogen and oxygen atoms in total. The van der Waals surface area contributed by atoms with Crippen molar-refractivity contribution in [3.63, 3.8) is 0 Å². The molecule has 0 spiro atoms. The zero-order valence-electron chi connectivity index (χ0n) is 29.5. The molecule has 2 aliphatic rings. The summed E-state index contributed by atoms with van der Waals surface area (Å²) in [6.45, 7) is 4.58. The van der Waals surface area contributed by atoms with E-state index in [4.69, 9.17) is 44.6 Å². The van der Waals surface area contributed by atoms with Gasteiger partial charge in [-0.1, -0.05) is 11.6 Å². The Labute approximate surface area is 311 Å². The van der Waals surface area contributed by atoms with E-state index < -0.39 is 32.4 Å². The number of esters is 2. The molecule has 0 bridgehead atoms. The number of carbonyl (C=O) groups excluding carboxylic acids is 2. The molecule has 2 unspecified atom stereocenters. The zero-order valence-corrected chi connectivity index (χ0v) is 30.3. The van der Waals surface area contributed by atoms with E-state index in [1.165, 1.54) is 31.8 Å². The van der Waals surface area contributed by atoms with Crippen LogP contribution in [0.2, 0.25) is 5.15 Å². The molecule has 2 aromatic heterocycles. The zero-order chi connectivity index (χ0) is 38.3. The Kier molecular flexibility index (Phi) is 15.9. The number of fused-ring (bicyclic) bond motifs is 2. The maximum atomic E-state index is 11.8. The number of rotatable bonds is 12. The number of halogens is 1. The maximum absolute atomic E-state index is 11.8. The fourth-order valence-electron chi connectivity index (χ4n) is 5.61. The Balaban J connectivity index is 0.000000204. The molecule has 0 amide bonds. The third-order valence-electron chi connectivity index (χ3n) is 7.52. The topological polar surface area (TPSA) is 211 Å². The first-order valence-corrected chi connectivity index (χ1v) is 16.8. The van der Waals surface area contributed by atoms with E-state index in [1.54, 1.807) is 57.7 Å². The molecule has 3 N–H and O–H groups in total. The van der Waals surface area contributed by atoms with Gasteiger partial charge in [0.2, 0.25) is 5.88 Å². The molecule has 0 fully saturated rings. The Hall–Kier alpha value is -4.68. The summed E-state index contributed by atoms with van der Waals surface area (Å²) in [7, 11) is 0.774. The molecule has 0 aliphatic carbocycles. The number of hydrogen-bond acceptors (Lipinski definition) is 16. The second-order valence-corrected chi connectivity index (χ2v) is 11.6. The van der Waals surface area contributed by atoms with Gasteiger partial charge in [0, 0.05) is 39.0 Å². The SMILES string of the molecule is CCOC(=O)CC1OB(O)c2cc(O)cc(COC)c21.CCOC(=O)CC1OB(O)c2cc(Oc3cnccn3)cc(COC)c21.Clc1cnccn1. The smallest absolute Gasteiger partial charge is 0.492 e. The van der Waals surface area contributed by atoms with Gasteiger partial charge < -0.3 is 48.1 Å². The second-order valence-electron chi connectivity index (χ2n) is 11.2. The molecule has 53 heavy (non-hydrogen) atoms. The molecule has 2 atom stereocenters. The van der Waals surface area contributed by atoms with Gasteiger partial charge in [-0.25, -0.2) is 9.97 Å². The molecule has 2 aromatic carbocycles. The highest BCUT2D eigenvalue weighted by molar-refractivity contribution is 6.62. The van der Waals surface area contributed by atoms with Crippen molar-refractivity contribution in [3.8, 4) is 17.4 Å². The Morgan fingerprint density at radius 2 is 1.30 bits per heavy atom. The molecule has 4 aromatic rings. The van der Waals surface area contributed by atoms with Crippen molar-refractivity contribution < 1.29 is 57.7 Å². The maximum Gasteiger partial charge on any atom is 0.492 e. The average Bonchev–Trinajstić information content (AvgIpc) is 3.60. The Bertz CT molecular complexity index is 1800. The summed E-state index contributed by atoms with van der Waals surface area (Å²) >= 11 is 5.37. The number of benzene rings is 2. The van der Waals surface area contributed by atoms with E-state index in [9.17, 15) is 24.7 Å². The molecule has 4 heterocycles. The number of ether oxygens (including phenoxy) is 5. The summed E-state index contributed by atoms with van der Waals surface area (Å²) in [4.78, 5) is 38.8. The second kappa shape index (κ2) is 20.5. The molecule has 0 radical (unpaired) electrons. The van der Waals surface area contributed by atoms with Gasteiger partial charge in [-0.2, -0.15) is 0 Å². The van der Waals surface area contributed by atoms with Gasteiger partial charge in [0.15, 0.2) is 0 Å². The first kappa shape index (κ1) is 41.1. The van der Waals surface area contributed by atoms with Gasteiger partial charge in [-0.3, -0.25) is 19.6 Å². The number of nitrogens with zero attached hydrogens (tertiary/aromatic N) is 4. The quantitative estimate of drug-likeness (QED) is 0.140.